The smallest absolute Gasteiger partial charge is 0.326 e. The van der Waals surface area contributed by atoms with Gasteiger partial charge in [-0.3, -0.25) is 4.79 Å². The second kappa shape index (κ2) is 8.73. The van der Waals surface area contributed by atoms with E-state index in [0.29, 0.717) is 18.1 Å². The van der Waals surface area contributed by atoms with Crippen molar-refractivity contribution >= 4 is 11.9 Å². The first-order valence-corrected chi connectivity index (χ1v) is 7.83. The SMILES string of the molecule is COc1cc(C[C@@H](NC(C)=O)C(=O)O)ccc1OCc1ccccc1. The second-order valence-electron chi connectivity index (χ2n) is 5.55. The van der Waals surface area contributed by atoms with E-state index in [1.165, 1.54) is 14.0 Å². The second-order valence-corrected chi connectivity index (χ2v) is 5.55. The van der Waals surface area contributed by atoms with Gasteiger partial charge in [-0.2, -0.15) is 0 Å². The van der Waals surface area contributed by atoms with Crippen LogP contribution in [0.25, 0.3) is 0 Å². The van der Waals surface area contributed by atoms with Crippen LogP contribution in [0.2, 0.25) is 0 Å². The van der Waals surface area contributed by atoms with Crippen molar-refractivity contribution in [3.63, 3.8) is 0 Å². The predicted molar refractivity (Wildman–Crippen MR) is 92.7 cm³/mol. The zero-order chi connectivity index (χ0) is 18.2. The summed E-state index contributed by atoms with van der Waals surface area (Å²) >= 11 is 0. The number of carbonyl (C=O) groups excluding carboxylic acids is 1. The molecule has 1 amide bonds. The Morgan fingerprint density at radius 3 is 2.40 bits per heavy atom. The molecule has 132 valence electrons. The Hall–Kier alpha value is -3.02. The van der Waals surface area contributed by atoms with Crippen molar-refractivity contribution in [3.05, 3.63) is 59.7 Å². The molecule has 0 aromatic heterocycles. The maximum atomic E-state index is 11.2. The molecular weight excluding hydrogens is 322 g/mol. The number of hydrogen-bond donors (Lipinski definition) is 2. The van der Waals surface area contributed by atoms with Crippen LogP contribution in [-0.2, 0) is 22.6 Å². The zero-order valence-electron chi connectivity index (χ0n) is 14.2. The average Bonchev–Trinajstić information content (AvgIpc) is 2.60. The molecule has 2 aromatic carbocycles. The van der Waals surface area contributed by atoms with Gasteiger partial charge < -0.3 is 19.9 Å². The van der Waals surface area contributed by atoms with Crippen LogP contribution >= 0.6 is 0 Å². The summed E-state index contributed by atoms with van der Waals surface area (Å²) in [5.74, 6) is -0.386. The molecule has 0 spiro atoms. The maximum Gasteiger partial charge on any atom is 0.326 e. The Balaban J connectivity index is 2.09. The molecule has 6 nitrogen and oxygen atoms in total. The molecule has 2 rings (SSSR count). The van der Waals surface area contributed by atoms with E-state index >= 15 is 0 Å². The number of rotatable bonds is 8. The van der Waals surface area contributed by atoms with Crippen LogP contribution in [0.1, 0.15) is 18.1 Å². The number of benzene rings is 2. The van der Waals surface area contributed by atoms with E-state index in [0.717, 1.165) is 11.1 Å². The third kappa shape index (κ3) is 5.53. The first-order chi connectivity index (χ1) is 12.0. The van der Waals surface area contributed by atoms with Gasteiger partial charge in [0.05, 0.1) is 7.11 Å². The number of carboxylic acid groups (broad SMARTS) is 1. The van der Waals surface area contributed by atoms with Crippen LogP contribution < -0.4 is 14.8 Å². The van der Waals surface area contributed by atoms with Crippen molar-refractivity contribution in [1.82, 2.24) is 5.32 Å². The summed E-state index contributed by atoms with van der Waals surface area (Å²) in [6.45, 7) is 1.69. The monoisotopic (exact) mass is 343 g/mol. The molecule has 0 aliphatic rings. The molecule has 0 bridgehead atoms. The topological polar surface area (TPSA) is 84.9 Å². The van der Waals surface area contributed by atoms with Crippen LogP contribution in [0, 0.1) is 0 Å². The van der Waals surface area contributed by atoms with Gasteiger partial charge in [0.25, 0.3) is 0 Å². The van der Waals surface area contributed by atoms with Gasteiger partial charge in [0.1, 0.15) is 12.6 Å². The molecule has 0 aliphatic heterocycles. The summed E-state index contributed by atoms with van der Waals surface area (Å²) in [7, 11) is 1.52. The van der Waals surface area contributed by atoms with Gasteiger partial charge in [-0.05, 0) is 23.3 Å². The van der Waals surface area contributed by atoms with E-state index in [9.17, 15) is 14.7 Å². The van der Waals surface area contributed by atoms with Crippen molar-refractivity contribution < 1.29 is 24.2 Å². The number of carboxylic acids is 1. The molecule has 2 aromatic rings. The molecule has 0 unspecified atom stereocenters. The Kier molecular flexibility index (Phi) is 6.39. The molecule has 0 radical (unpaired) electrons. The average molecular weight is 343 g/mol. The number of hydrogen-bond acceptors (Lipinski definition) is 4. The Bertz CT molecular complexity index is 730. The van der Waals surface area contributed by atoms with Crippen LogP contribution in [0.3, 0.4) is 0 Å². The summed E-state index contributed by atoms with van der Waals surface area (Å²) in [5, 5.41) is 11.6. The van der Waals surface area contributed by atoms with Gasteiger partial charge >= 0.3 is 5.97 Å². The highest BCUT2D eigenvalue weighted by Gasteiger charge is 2.19. The Morgan fingerprint density at radius 1 is 1.08 bits per heavy atom. The molecular formula is C19H21NO5. The van der Waals surface area contributed by atoms with Gasteiger partial charge in [0, 0.05) is 13.3 Å². The number of methoxy groups -OCH3 is 1. The minimum absolute atomic E-state index is 0.157. The van der Waals surface area contributed by atoms with Crippen LogP contribution in [-0.4, -0.2) is 30.1 Å². The van der Waals surface area contributed by atoms with Crippen LogP contribution in [0.15, 0.2) is 48.5 Å². The zero-order valence-corrected chi connectivity index (χ0v) is 14.2. The van der Waals surface area contributed by atoms with E-state index in [1.807, 2.05) is 30.3 Å². The highest BCUT2D eigenvalue weighted by atomic mass is 16.5. The third-order valence-electron chi connectivity index (χ3n) is 3.58. The first kappa shape index (κ1) is 18.3. The van der Waals surface area contributed by atoms with Gasteiger partial charge in [-0.1, -0.05) is 36.4 Å². The summed E-state index contributed by atoms with van der Waals surface area (Å²) in [6.07, 6.45) is 0.157. The fourth-order valence-electron chi connectivity index (χ4n) is 2.37. The van der Waals surface area contributed by atoms with Gasteiger partial charge in [0.2, 0.25) is 5.91 Å². The van der Waals surface area contributed by atoms with Crippen molar-refractivity contribution in [3.8, 4) is 11.5 Å². The molecule has 0 saturated heterocycles. The fraction of sp³-hybridized carbons (Fsp3) is 0.263. The minimum atomic E-state index is -1.08. The summed E-state index contributed by atoms with van der Waals surface area (Å²) in [4.78, 5) is 22.4. The molecule has 0 saturated carbocycles. The lowest BCUT2D eigenvalue weighted by Crippen LogP contribution is -2.41. The fourth-order valence-corrected chi connectivity index (χ4v) is 2.37. The highest BCUT2D eigenvalue weighted by Crippen LogP contribution is 2.29. The van der Waals surface area contributed by atoms with Gasteiger partial charge in [0.15, 0.2) is 11.5 Å². The standard InChI is InChI=1S/C19H21NO5/c1-13(21)20-16(19(22)23)10-15-8-9-17(18(11-15)24-2)25-12-14-6-4-3-5-7-14/h3-9,11,16H,10,12H2,1-2H3,(H,20,21)(H,22,23)/t16-/m1/s1. The highest BCUT2D eigenvalue weighted by molar-refractivity contribution is 5.82. The summed E-state index contributed by atoms with van der Waals surface area (Å²) in [5.41, 5.74) is 1.76. The molecule has 0 fully saturated rings. The number of aliphatic carboxylic acids is 1. The quantitative estimate of drug-likeness (QED) is 0.769. The van der Waals surface area contributed by atoms with Crippen LogP contribution in [0.4, 0.5) is 0 Å². The van der Waals surface area contributed by atoms with Gasteiger partial charge in [-0.25, -0.2) is 4.79 Å². The largest absolute Gasteiger partial charge is 0.493 e. The molecule has 1 atom stereocenters. The molecule has 6 heteroatoms. The number of ether oxygens (including phenoxy) is 2. The van der Waals surface area contributed by atoms with Crippen molar-refractivity contribution in [1.29, 1.82) is 0 Å². The van der Waals surface area contributed by atoms with E-state index in [4.69, 9.17) is 9.47 Å². The Labute approximate surface area is 146 Å². The molecule has 2 N–H and O–H groups in total. The van der Waals surface area contributed by atoms with Gasteiger partial charge in [-0.15, -0.1) is 0 Å². The lowest BCUT2D eigenvalue weighted by atomic mass is 10.1. The normalized spacial score (nSPS) is 11.4. The van der Waals surface area contributed by atoms with E-state index in [-0.39, 0.29) is 12.3 Å². The molecule has 0 heterocycles. The minimum Gasteiger partial charge on any atom is -0.493 e. The first-order valence-electron chi connectivity index (χ1n) is 7.83. The lowest BCUT2D eigenvalue weighted by molar-refractivity contribution is -0.141. The lowest BCUT2D eigenvalue weighted by Gasteiger charge is -2.15. The van der Waals surface area contributed by atoms with Crippen LogP contribution in [0.5, 0.6) is 11.5 Å². The molecule has 0 aliphatic carbocycles. The van der Waals surface area contributed by atoms with Crippen molar-refractivity contribution in [2.75, 3.05) is 7.11 Å². The number of nitrogens with one attached hydrogen (secondary N) is 1. The van der Waals surface area contributed by atoms with E-state index in [2.05, 4.69) is 5.32 Å². The van der Waals surface area contributed by atoms with E-state index in [1.54, 1.807) is 18.2 Å². The summed E-state index contributed by atoms with van der Waals surface area (Å²) in [6, 6.07) is 14.0. The molecule has 25 heavy (non-hydrogen) atoms. The Morgan fingerprint density at radius 2 is 1.80 bits per heavy atom. The number of amides is 1. The number of carbonyl (C=O) groups is 2. The van der Waals surface area contributed by atoms with Crippen molar-refractivity contribution in [2.24, 2.45) is 0 Å². The maximum absolute atomic E-state index is 11.2. The predicted octanol–water partition coefficient (Wildman–Crippen LogP) is 2.41. The van der Waals surface area contributed by atoms with E-state index < -0.39 is 12.0 Å². The summed E-state index contributed by atoms with van der Waals surface area (Å²) < 4.78 is 11.1. The third-order valence-corrected chi connectivity index (χ3v) is 3.58. The van der Waals surface area contributed by atoms with Crippen molar-refractivity contribution in [2.45, 2.75) is 26.0 Å².